The Balaban J connectivity index is 2.91. The maximum Gasteiger partial charge on any atom is 0.409 e. The highest BCUT2D eigenvalue weighted by molar-refractivity contribution is 6.30. The maximum absolute atomic E-state index is 12.6. The Morgan fingerprint density at radius 1 is 1.31 bits per heavy atom. The van der Waals surface area contributed by atoms with Gasteiger partial charge in [-0.25, -0.2) is 0 Å². The number of alkyl halides is 3. The molecular weight excluding hydrogens is 241 g/mol. The molecule has 1 rings (SSSR count). The number of nitrogens with two attached hydrogens (primary N) is 1. The van der Waals surface area contributed by atoms with Crippen LogP contribution in [0.4, 0.5) is 18.9 Å². The second kappa shape index (κ2) is 4.93. The lowest BCUT2D eigenvalue weighted by Crippen LogP contribution is -2.48. The largest absolute Gasteiger partial charge is 0.409 e. The van der Waals surface area contributed by atoms with Crippen molar-refractivity contribution in [2.24, 2.45) is 5.73 Å². The van der Waals surface area contributed by atoms with E-state index in [1.165, 1.54) is 31.3 Å². The number of likely N-dealkylation sites (N-methyl/N-ethyl adjacent to an activating group) is 1. The van der Waals surface area contributed by atoms with Gasteiger partial charge in [0.15, 0.2) is 0 Å². The Kier molecular flexibility index (Phi) is 4.04. The van der Waals surface area contributed by atoms with Gasteiger partial charge in [-0.3, -0.25) is 0 Å². The second-order valence-corrected chi connectivity index (χ2v) is 3.82. The summed E-state index contributed by atoms with van der Waals surface area (Å²) in [5, 5.41) is 0.480. The molecule has 0 bridgehead atoms. The third kappa shape index (κ3) is 3.02. The summed E-state index contributed by atoms with van der Waals surface area (Å²) in [6.45, 7) is -0.484. The SMILES string of the molecule is CN(c1ccc(Cl)cc1)C(CN)C(F)(F)F. The zero-order valence-electron chi connectivity index (χ0n) is 8.63. The number of halogens is 4. The number of nitrogens with zero attached hydrogens (tertiary/aromatic N) is 1. The molecule has 0 aliphatic heterocycles. The molecule has 16 heavy (non-hydrogen) atoms. The van der Waals surface area contributed by atoms with E-state index in [9.17, 15) is 13.2 Å². The van der Waals surface area contributed by atoms with Crippen LogP contribution < -0.4 is 10.6 Å². The smallest absolute Gasteiger partial charge is 0.362 e. The van der Waals surface area contributed by atoms with Crippen molar-refractivity contribution in [1.82, 2.24) is 0 Å². The van der Waals surface area contributed by atoms with Gasteiger partial charge >= 0.3 is 6.18 Å². The van der Waals surface area contributed by atoms with E-state index >= 15 is 0 Å². The van der Waals surface area contributed by atoms with E-state index in [4.69, 9.17) is 17.3 Å². The Morgan fingerprint density at radius 2 is 1.81 bits per heavy atom. The molecule has 0 heterocycles. The monoisotopic (exact) mass is 252 g/mol. The minimum absolute atomic E-state index is 0.428. The van der Waals surface area contributed by atoms with Crippen LogP contribution in [-0.2, 0) is 0 Å². The molecule has 0 aromatic heterocycles. The van der Waals surface area contributed by atoms with Crippen molar-refractivity contribution >= 4 is 17.3 Å². The molecule has 0 aliphatic rings. The van der Waals surface area contributed by atoms with Gasteiger partial charge in [0, 0.05) is 24.3 Å². The van der Waals surface area contributed by atoms with Gasteiger partial charge in [-0.05, 0) is 24.3 Å². The number of hydrogen-bond donors (Lipinski definition) is 1. The lowest BCUT2D eigenvalue weighted by molar-refractivity contribution is -0.145. The minimum atomic E-state index is -4.34. The van der Waals surface area contributed by atoms with Crippen molar-refractivity contribution in [1.29, 1.82) is 0 Å². The fourth-order valence-corrected chi connectivity index (χ4v) is 1.49. The fourth-order valence-electron chi connectivity index (χ4n) is 1.37. The number of benzene rings is 1. The summed E-state index contributed by atoms with van der Waals surface area (Å²) >= 11 is 5.65. The van der Waals surface area contributed by atoms with Gasteiger partial charge in [0.25, 0.3) is 0 Å². The Morgan fingerprint density at radius 3 is 2.19 bits per heavy atom. The molecular formula is C10H12ClF3N2. The Labute approximate surface area is 96.8 Å². The molecule has 0 spiro atoms. The van der Waals surface area contributed by atoms with Crippen molar-refractivity contribution in [3.63, 3.8) is 0 Å². The average molecular weight is 253 g/mol. The first-order valence-electron chi connectivity index (χ1n) is 4.61. The minimum Gasteiger partial charge on any atom is -0.362 e. The molecule has 0 amide bonds. The van der Waals surface area contributed by atoms with Gasteiger partial charge in [0.2, 0.25) is 0 Å². The van der Waals surface area contributed by atoms with Crippen molar-refractivity contribution in [3.8, 4) is 0 Å². The third-order valence-electron chi connectivity index (χ3n) is 2.30. The average Bonchev–Trinajstić information content (AvgIpc) is 2.17. The highest BCUT2D eigenvalue weighted by Gasteiger charge is 2.41. The highest BCUT2D eigenvalue weighted by Crippen LogP contribution is 2.27. The van der Waals surface area contributed by atoms with E-state index in [1.54, 1.807) is 0 Å². The number of rotatable bonds is 3. The Bertz CT molecular complexity index is 337. The van der Waals surface area contributed by atoms with E-state index in [-0.39, 0.29) is 0 Å². The van der Waals surface area contributed by atoms with Crippen LogP contribution in [0, 0.1) is 0 Å². The molecule has 1 aromatic rings. The summed E-state index contributed by atoms with van der Waals surface area (Å²) in [7, 11) is 1.36. The zero-order chi connectivity index (χ0) is 12.3. The molecule has 0 fully saturated rings. The van der Waals surface area contributed by atoms with Crippen LogP contribution in [0.5, 0.6) is 0 Å². The summed E-state index contributed by atoms with van der Waals surface area (Å²) in [6.07, 6.45) is -4.34. The lowest BCUT2D eigenvalue weighted by Gasteiger charge is -2.30. The first-order valence-corrected chi connectivity index (χ1v) is 4.99. The van der Waals surface area contributed by atoms with E-state index < -0.39 is 18.8 Å². The molecule has 2 nitrogen and oxygen atoms in total. The van der Waals surface area contributed by atoms with E-state index in [2.05, 4.69) is 0 Å². The molecule has 0 radical (unpaired) electrons. The van der Waals surface area contributed by atoms with Crippen LogP contribution in [0.3, 0.4) is 0 Å². The predicted octanol–water partition coefficient (Wildman–Crippen LogP) is 2.67. The summed E-state index contributed by atoms with van der Waals surface area (Å²) in [4.78, 5) is 1.09. The van der Waals surface area contributed by atoms with Crippen molar-refractivity contribution in [3.05, 3.63) is 29.3 Å². The van der Waals surface area contributed by atoms with Crippen molar-refractivity contribution in [2.45, 2.75) is 12.2 Å². The van der Waals surface area contributed by atoms with Crippen LogP contribution in [-0.4, -0.2) is 25.8 Å². The molecule has 0 saturated carbocycles. The standard InChI is InChI=1S/C10H12ClF3N2/c1-16(9(6-15)10(12,13)14)8-4-2-7(11)3-5-8/h2-5,9H,6,15H2,1H3. The maximum atomic E-state index is 12.6. The predicted molar refractivity (Wildman–Crippen MR) is 58.8 cm³/mol. The molecule has 90 valence electrons. The van der Waals surface area contributed by atoms with Gasteiger partial charge in [-0.15, -0.1) is 0 Å². The van der Waals surface area contributed by atoms with Gasteiger partial charge in [-0.1, -0.05) is 11.6 Å². The molecule has 0 aliphatic carbocycles. The van der Waals surface area contributed by atoms with Crippen molar-refractivity contribution < 1.29 is 13.2 Å². The van der Waals surface area contributed by atoms with Crippen LogP contribution in [0.2, 0.25) is 5.02 Å². The molecule has 0 saturated heterocycles. The molecule has 1 atom stereocenters. The third-order valence-corrected chi connectivity index (χ3v) is 2.55. The fraction of sp³-hybridized carbons (Fsp3) is 0.400. The zero-order valence-corrected chi connectivity index (χ0v) is 9.39. The summed E-state index contributed by atoms with van der Waals surface area (Å²) in [6, 6.07) is 4.44. The van der Waals surface area contributed by atoms with Gasteiger partial charge in [-0.2, -0.15) is 13.2 Å². The van der Waals surface area contributed by atoms with Crippen LogP contribution in [0.25, 0.3) is 0 Å². The van der Waals surface area contributed by atoms with Crippen LogP contribution >= 0.6 is 11.6 Å². The van der Waals surface area contributed by atoms with Gasteiger partial charge < -0.3 is 10.6 Å². The molecule has 1 unspecified atom stereocenters. The normalized spacial score (nSPS) is 13.6. The number of anilines is 1. The topological polar surface area (TPSA) is 29.3 Å². The van der Waals surface area contributed by atoms with Gasteiger partial charge in [0.1, 0.15) is 6.04 Å². The lowest BCUT2D eigenvalue weighted by atomic mass is 10.2. The molecule has 6 heteroatoms. The quantitative estimate of drug-likeness (QED) is 0.896. The van der Waals surface area contributed by atoms with Crippen LogP contribution in [0.1, 0.15) is 0 Å². The van der Waals surface area contributed by atoms with Crippen molar-refractivity contribution in [2.75, 3.05) is 18.5 Å². The second-order valence-electron chi connectivity index (χ2n) is 3.38. The van der Waals surface area contributed by atoms with E-state index in [1.807, 2.05) is 0 Å². The van der Waals surface area contributed by atoms with E-state index in [0.29, 0.717) is 10.7 Å². The summed E-state index contributed by atoms with van der Waals surface area (Å²) < 4.78 is 37.8. The first-order chi connectivity index (χ1) is 7.36. The first kappa shape index (κ1) is 13.1. The summed E-state index contributed by atoms with van der Waals surface area (Å²) in [5.41, 5.74) is 5.57. The molecule has 2 N–H and O–H groups in total. The van der Waals surface area contributed by atoms with Crippen LogP contribution in [0.15, 0.2) is 24.3 Å². The summed E-state index contributed by atoms with van der Waals surface area (Å²) in [5.74, 6) is 0. The Hall–Kier alpha value is -0.940. The van der Waals surface area contributed by atoms with E-state index in [0.717, 1.165) is 4.90 Å². The van der Waals surface area contributed by atoms with Gasteiger partial charge in [0.05, 0.1) is 0 Å². The highest BCUT2D eigenvalue weighted by atomic mass is 35.5. The number of hydrogen-bond acceptors (Lipinski definition) is 2. The molecule has 1 aromatic carbocycles.